The molecule has 1 aromatic heterocycles. The Morgan fingerprint density at radius 1 is 1.58 bits per heavy atom. The summed E-state index contributed by atoms with van der Waals surface area (Å²) < 4.78 is 7.39. The Morgan fingerprint density at radius 3 is 2.84 bits per heavy atom. The third kappa shape index (κ3) is 3.10. The van der Waals surface area contributed by atoms with Crippen LogP contribution in [0.5, 0.6) is 0 Å². The molecule has 0 spiro atoms. The summed E-state index contributed by atoms with van der Waals surface area (Å²) in [4.78, 5) is 12.2. The van der Waals surface area contributed by atoms with Crippen molar-refractivity contribution in [2.75, 3.05) is 12.3 Å². The number of nitrogens with two attached hydrogens (primary N) is 1. The molecule has 0 saturated heterocycles. The highest BCUT2D eigenvalue weighted by molar-refractivity contribution is 5.94. The Bertz CT molecular complexity index is 448. The number of carbonyl (C=O) groups is 1. The molecule has 0 atom stereocenters. The van der Waals surface area contributed by atoms with Crippen molar-refractivity contribution in [1.82, 2.24) is 9.88 Å². The molecule has 19 heavy (non-hydrogen) atoms. The molecule has 1 saturated carbocycles. The van der Waals surface area contributed by atoms with E-state index in [-0.39, 0.29) is 18.0 Å². The second-order valence-electron chi connectivity index (χ2n) is 5.38. The SMILES string of the molecule is CCOC1CC(NC(=O)c2cc(N)cn2C(C)C)C1. The lowest BCUT2D eigenvalue weighted by Crippen LogP contribution is -2.48. The van der Waals surface area contributed by atoms with E-state index < -0.39 is 0 Å². The van der Waals surface area contributed by atoms with Crippen molar-refractivity contribution in [2.24, 2.45) is 0 Å². The molecule has 5 nitrogen and oxygen atoms in total. The van der Waals surface area contributed by atoms with E-state index in [1.54, 1.807) is 6.07 Å². The van der Waals surface area contributed by atoms with Crippen molar-refractivity contribution >= 4 is 11.6 Å². The molecule has 0 aliphatic heterocycles. The molecule has 1 fully saturated rings. The molecule has 106 valence electrons. The van der Waals surface area contributed by atoms with E-state index in [1.165, 1.54) is 0 Å². The van der Waals surface area contributed by atoms with Gasteiger partial charge in [-0.05, 0) is 39.7 Å². The second-order valence-corrected chi connectivity index (χ2v) is 5.38. The van der Waals surface area contributed by atoms with Gasteiger partial charge >= 0.3 is 0 Å². The molecule has 5 heteroatoms. The van der Waals surface area contributed by atoms with Crippen LogP contribution >= 0.6 is 0 Å². The van der Waals surface area contributed by atoms with E-state index in [2.05, 4.69) is 5.32 Å². The van der Waals surface area contributed by atoms with E-state index in [0.717, 1.165) is 19.4 Å². The predicted molar refractivity (Wildman–Crippen MR) is 75.1 cm³/mol. The number of amides is 1. The van der Waals surface area contributed by atoms with Crippen LogP contribution < -0.4 is 11.1 Å². The van der Waals surface area contributed by atoms with Gasteiger partial charge in [0.05, 0.1) is 11.8 Å². The Hall–Kier alpha value is -1.49. The third-order valence-corrected chi connectivity index (χ3v) is 3.49. The largest absolute Gasteiger partial charge is 0.397 e. The summed E-state index contributed by atoms with van der Waals surface area (Å²) >= 11 is 0. The van der Waals surface area contributed by atoms with Crippen molar-refractivity contribution in [3.63, 3.8) is 0 Å². The molecule has 0 radical (unpaired) electrons. The van der Waals surface area contributed by atoms with Crippen LogP contribution in [-0.2, 0) is 4.74 Å². The maximum atomic E-state index is 12.2. The number of nitrogens with zero attached hydrogens (tertiary/aromatic N) is 1. The molecule has 1 amide bonds. The monoisotopic (exact) mass is 265 g/mol. The van der Waals surface area contributed by atoms with Gasteiger partial charge in [0.1, 0.15) is 5.69 Å². The van der Waals surface area contributed by atoms with Crippen LogP contribution in [0.2, 0.25) is 0 Å². The number of nitrogens with one attached hydrogen (secondary N) is 1. The minimum Gasteiger partial charge on any atom is -0.397 e. The average Bonchev–Trinajstić information content (AvgIpc) is 2.68. The highest BCUT2D eigenvalue weighted by atomic mass is 16.5. The van der Waals surface area contributed by atoms with Gasteiger partial charge in [0, 0.05) is 24.9 Å². The fourth-order valence-corrected chi connectivity index (χ4v) is 2.42. The standard InChI is InChI=1S/C14H23N3O2/c1-4-19-12-6-11(7-12)16-14(18)13-5-10(15)8-17(13)9(2)3/h5,8-9,11-12H,4,6-7,15H2,1-3H3,(H,16,18). The summed E-state index contributed by atoms with van der Waals surface area (Å²) in [6, 6.07) is 2.17. The predicted octanol–water partition coefficient (Wildman–Crippen LogP) is 1.95. The van der Waals surface area contributed by atoms with E-state index in [9.17, 15) is 4.79 Å². The zero-order valence-corrected chi connectivity index (χ0v) is 11.8. The number of hydrogen-bond donors (Lipinski definition) is 2. The van der Waals surface area contributed by atoms with E-state index in [4.69, 9.17) is 10.5 Å². The maximum Gasteiger partial charge on any atom is 0.268 e. The van der Waals surface area contributed by atoms with Crippen LogP contribution in [0.3, 0.4) is 0 Å². The average molecular weight is 265 g/mol. The first-order valence-electron chi connectivity index (χ1n) is 6.91. The van der Waals surface area contributed by atoms with E-state index in [1.807, 2.05) is 31.5 Å². The van der Waals surface area contributed by atoms with Gasteiger partial charge in [-0.2, -0.15) is 0 Å². The molecule has 2 rings (SSSR count). The summed E-state index contributed by atoms with van der Waals surface area (Å²) in [6.07, 6.45) is 3.91. The number of rotatable bonds is 5. The molecule has 0 unspecified atom stereocenters. The highest BCUT2D eigenvalue weighted by Gasteiger charge is 2.31. The first kappa shape index (κ1) is 13.9. The van der Waals surface area contributed by atoms with Gasteiger partial charge in [0.15, 0.2) is 0 Å². The molecular weight excluding hydrogens is 242 g/mol. The Kier molecular flexibility index (Phi) is 4.14. The number of carbonyl (C=O) groups excluding carboxylic acids is 1. The lowest BCUT2D eigenvalue weighted by molar-refractivity contribution is -0.00871. The Labute approximate surface area is 114 Å². The Balaban J connectivity index is 1.94. The molecule has 1 aliphatic carbocycles. The number of nitrogen functional groups attached to an aromatic ring is 1. The zero-order chi connectivity index (χ0) is 14.0. The topological polar surface area (TPSA) is 69.3 Å². The second kappa shape index (κ2) is 5.65. The van der Waals surface area contributed by atoms with Crippen LogP contribution in [0.4, 0.5) is 5.69 Å². The molecule has 1 aromatic rings. The van der Waals surface area contributed by atoms with Gasteiger partial charge in [0.2, 0.25) is 0 Å². The van der Waals surface area contributed by atoms with Crippen LogP contribution in [-0.4, -0.2) is 29.2 Å². The van der Waals surface area contributed by atoms with Gasteiger partial charge in [-0.15, -0.1) is 0 Å². The van der Waals surface area contributed by atoms with Crippen molar-refractivity contribution in [3.05, 3.63) is 18.0 Å². The third-order valence-electron chi connectivity index (χ3n) is 3.49. The zero-order valence-electron chi connectivity index (χ0n) is 11.8. The van der Waals surface area contributed by atoms with E-state index in [0.29, 0.717) is 17.5 Å². The minimum absolute atomic E-state index is 0.0506. The molecule has 3 N–H and O–H groups in total. The van der Waals surface area contributed by atoms with Crippen LogP contribution in [0.1, 0.15) is 50.1 Å². The smallest absolute Gasteiger partial charge is 0.268 e. The van der Waals surface area contributed by atoms with E-state index >= 15 is 0 Å². The molecule has 1 heterocycles. The van der Waals surface area contributed by atoms with Crippen LogP contribution in [0.15, 0.2) is 12.3 Å². The lowest BCUT2D eigenvalue weighted by Gasteiger charge is -2.35. The fourth-order valence-electron chi connectivity index (χ4n) is 2.42. The summed E-state index contributed by atoms with van der Waals surface area (Å²) in [6.45, 7) is 6.79. The molecule has 1 aliphatic rings. The maximum absolute atomic E-state index is 12.2. The van der Waals surface area contributed by atoms with Gasteiger partial charge in [-0.3, -0.25) is 4.79 Å². The van der Waals surface area contributed by atoms with Crippen LogP contribution in [0.25, 0.3) is 0 Å². The van der Waals surface area contributed by atoms with Crippen molar-refractivity contribution in [1.29, 1.82) is 0 Å². The summed E-state index contributed by atoms with van der Waals surface area (Å²) in [5, 5.41) is 3.03. The first-order chi connectivity index (χ1) is 9.01. The van der Waals surface area contributed by atoms with Gasteiger partial charge in [-0.25, -0.2) is 0 Å². The quantitative estimate of drug-likeness (QED) is 0.855. The number of aromatic nitrogens is 1. The first-order valence-corrected chi connectivity index (χ1v) is 6.91. The van der Waals surface area contributed by atoms with Gasteiger partial charge < -0.3 is 20.4 Å². The van der Waals surface area contributed by atoms with Gasteiger partial charge in [-0.1, -0.05) is 0 Å². The summed E-state index contributed by atoms with van der Waals surface area (Å²) in [7, 11) is 0. The van der Waals surface area contributed by atoms with Crippen LogP contribution in [0, 0.1) is 0 Å². The van der Waals surface area contributed by atoms with Crippen molar-refractivity contribution < 1.29 is 9.53 Å². The minimum atomic E-state index is -0.0506. The number of hydrogen-bond acceptors (Lipinski definition) is 3. The molecule has 0 bridgehead atoms. The lowest BCUT2D eigenvalue weighted by atomic mass is 9.89. The summed E-state index contributed by atoms with van der Waals surface area (Å²) in [5.74, 6) is -0.0506. The van der Waals surface area contributed by atoms with Crippen molar-refractivity contribution in [2.45, 2.75) is 51.8 Å². The normalized spacial score (nSPS) is 22.3. The van der Waals surface area contributed by atoms with Gasteiger partial charge in [0.25, 0.3) is 5.91 Å². The fraction of sp³-hybridized carbons (Fsp3) is 0.643. The van der Waals surface area contributed by atoms with Crippen molar-refractivity contribution in [3.8, 4) is 0 Å². The number of anilines is 1. The molecule has 0 aromatic carbocycles. The Morgan fingerprint density at radius 2 is 2.26 bits per heavy atom. The highest BCUT2D eigenvalue weighted by Crippen LogP contribution is 2.24. The summed E-state index contributed by atoms with van der Waals surface area (Å²) in [5.41, 5.74) is 7.03. The number of ether oxygens (including phenoxy) is 1. The molecular formula is C14H23N3O2.